The van der Waals surface area contributed by atoms with E-state index in [2.05, 4.69) is 4.98 Å². The third-order valence-electron chi connectivity index (χ3n) is 4.30. The molecule has 4 aromatic rings. The molecule has 0 aliphatic carbocycles. The minimum atomic E-state index is -0.456. The summed E-state index contributed by atoms with van der Waals surface area (Å²) in [4.78, 5) is 17.4. The molecule has 0 unspecified atom stereocenters. The Kier molecular flexibility index (Phi) is 5.17. The van der Waals surface area contributed by atoms with Crippen molar-refractivity contribution in [1.82, 2.24) is 4.98 Å². The highest BCUT2D eigenvalue weighted by molar-refractivity contribution is 7.11. The molecular formula is C23H18N2O2S. The lowest BCUT2D eigenvalue weighted by atomic mass is 10.0. The Bertz CT molecular complexity index is 1130. The molecule has 0 fully saturated rings. The van der Waals surface area contributed by atoms with Crippen LogP contribution in [0.4, 0.5) is 0 Å². The van der Waals surface area contributed by atoms with Crippen LogP contribution in [0.1, 0.15) is 16.1 Å². The van der Waals surface area contributed by atoms with Crippen LogP contribution < -0.4 is 10.5 Å². The smallest absolute Gasteiger partial charge is 0.249 e. The first-order chi connectivity index (χ1) is 13.7. The zero-order chi connectivity index (χ0) is 19.3. The molecule has 0 atom stereocenters. The Morgan fingerprint density at radius 3 is 2.57 bits per heavy atom. The molecule has 5 heteroatoms. The quantitative estimate of drug-likeness (QED) is 0.479. The van der Waals surface area contributed by atoms with Gasteiger partial charge in [-0.1, -0.05) is 42.5 Å². The van der Waals surface area contributed by atoms with Gasteiger partial charge in [-0.05, 0) is 47.4 Å². The van der Waals surface area contributed by atoms with Gasteiger partial charge >= 0.3 is 0 Å². The van der Waals surface area contributed by atoms with Gasteiger partial charge in [-0.3, -0.25) is 4.79 Å². The van der Waals surface area contributed by atoms with E-state index in [4.69, 9.17) is 10.5 Å². The molecule has 0 bridgehead atoms. The number of aromatic nitrogens is 1. The first-order valence-corrected chi connectivity index (χ1v) is 9.70. The Balaban J connectivity index is 1.48. The SMILES string of the molecule is NC(=O)/C(=C/c1cccs1)c1ccc(OCc2ccc3ccccc3n2)cc1. The monoisotopic (exact) mass is 386 g/mol. The lowest BCUT2D eigenvalue weighted by Crippen LogP contribution is -2.12. The van der Waals surface area contributed by atoms with E-state index < -0.39 is 5.91 Å². The molecule has 0 radical (unpaired) electrons. The van der Waals surface area contributed by atoms with Gasteiger partial charge in [0.05, 0.1) is 11.2 Å². The number of hydrogen-bond acceptors (Lipinski definition) is 4. The summed E-state index contributed by atoms with van der Waals surface area (Å²) in [6, 6.07) is 23.2. The van der Waals surface area contributed by atoms with Crippen molar-refractivity contribution in [3.63, 3.8) is 0 Å². The van der Waals surface area contributed by atoms with Gasteiger partial charge in [0.25, 0.3) is 0 Å². The van der Waals surface area contributed by atoms with Crippen LogP contribution in [0.15, 0.2) is 78.2 Å². The van der Waals surface area contributed by atoms with E-state index in [1.807, 2.05) is 84.3 Å². The third-order valence-corrected chi connectivity index (χ3v) is 5.12. The molecule has 1 amide bonds. The number of ether oxygens (including phenoxy) is 1. The fourth-order valence-electron chi connectivity index (χ4n) is 2.89. The van der Waals surface area contributed by atoms with Crippen molar-refractivity contribution in [2.75, 3.05) is 0 Å². The Hall–Kier alpha value is -3.44. The summed E-state index contributed by atoms with van der Waals surface area (Å²) in [5, 5.41) is 3.06. The maximum absolute atomic E-state index is 11.8. The summed E-state index contributed by atoms with van der Waals surface area (Å²) < 4.78 is 5.85. The molecule has 0 aliphatic heterocycles. The largest absolute Gasteiger partial charge is 0.487 e. The average molecular weight is 386 g/mol. The van der Waals surface area contributed by atoms with Crippen molar-refractivity contribution in [3.05, 3.63) is 94.3 Å². The fourth-order valence-corrected chi connectivity index (χ4v) is 3.55. The summed E-state index contributed by atoms with van der Waals surface area (Å²) in [6.45, 7) is 0.373. The second-order valence-electron chi connectivity index (χ2n) is 6.25. The number of pyridine rings is 1. The second-order valence-corrected chi connectivity index (χ2v) is 7.23. The van der Waals surface area contributed by atoms with Crippen molar-refractivity contribution >= 4 is 39.8 Å². The van der Waals surface area contributed by atoms with Crippen LogP contribution in [0.25, 0.3) is 22.6 Å². The Morgan fingerprint density at radius 2 is 1.82 bits per heavy atom. The molecule has 2 N–H and O–H groups in total. The lowest BCUT2D eigenvalue weighted by molar-refractivity contribution is -0.112. The molecule has 4 nitrogen and oxygen atoms in total. The number of nitrogens with two attached hydrogens (primary N) is 1. The number of benzene rings is 2. The Labute approximate surface area is 166 Å². The number of carbonyl (C=O) groups excluding carboxylic acids is 1. The van der Waals surface area contributed by atoms with Crippen LogP contribution in [0.5, 0.6) is 5.75 Å². The lowest BCUT2D eigenvalue weighted by Gasteiger charge is -2.08. The van der Waals surface area contributed by atoms with Crippen LogP contribution in [-0.2, 0) is 11.4 Å². The maximum atomic E-state index is 11.8. The number of rotatable bonds is 6. The third kappa shape index (κ3) is 4.10. The number of hydrogen-bond donors (Lipinski definition) is 1. The van der Waals surface area contributed by atoms with E-state index in [1.165, 1.54) is 0 Å². The number of fused-ring (bicyclic) bond motifs is 1. The van der Waals surface area contributed by atoms with Gasteiger partial charge in [0.15, 0.2) is 0 Å². The number of thiophene rings is 1. The predicted molar refractivity (Wildman–Crippen MR) is 114 cm³/mol. The van der Waals surface area contributed by atoms with Crippen LogP contribution >= 0.6 is 11.3 Å². The zero-order valence-electron chi connectivity index (χ0n) is 15.0. The minimum Gasteiger partial charge on any atom is -0.487 e. The predicted octanol–water partition coefficient (Wildman–Crippen LogP) is 4.90. The van der Waals surface area contributed by atoms with Gasteiger partial charge in [0, 0.05) is 15.8 Å². The highest BCUT2D eigenvalue weighted by Gasteiger charge is 2.09. The van der Waals surface area contributed by atoms with Gasteiger partial charge in [-0.25, -0.2) is 4.98 Å². The summed E-state index contributed by atoms with van der Waals surface area (Å²) in [6.07, 6.45) is 1.81. The van der Waals surface area contributed by atoms with E-state index in [0.29, 0.717) is 17.9 Å². The van der Waals surface area contributed by atoms with E-state index in [0.717, 1.165) is 27.0 Å². The topological polar surface area (TPSA) is 65.2 Å². The van der Waals surface area contributed by atoms with Crippen molar-refractivity contribution < 1.29 is 9.53 Å². The van der Waals surface area contributed by atoms with Gasteiger partial charge in [-0.2, -0.15) is 0 Å². The second kappa shape index (κ2) is 8.06. The van der Waals surface area contributed by atoms with Crippen LogP contribution in [0, 0.1) is 0 Å². The highest BCUT2D eigenvalue weighted by atomic mass is 32.1. The van der Waals surface area contributed by atoms with Gasteiger partial charge in [0.2, 0.25) is 5.91 Å². The molecule has 0 spiro atoms. The van der Waals surface area contributed by atoms with E-state index in [-0.39, 0.29) is 0 Å². The molecule has 28 heavy (non-hydrogen) atoms. The van der Waals surface area contributed by atoms with Crippen LogP contribution in [0.2, 0.25) is 0 Å². The first-order valence-electron chi connectivity index (χ1n) is 8.82. The summed E-state index contributed by atoms with van der Waals surface area (Å²) in [7, 11) is 0. The Morgan fingerprint density at radius 1 is 1.00 bits per heavy atom. The molecule has 0 saturated carbocycles. The normalized spacial score (nSPS) is 11.5. The average Bonchev–Trinajstić information content (AvgIpc) is 3.24. The fraction of sp³-hybridized carbons (Fsp3) is 0.0435. The number of para-hydroxylation sites is 1. The van der Waals surface area contributed by atoms with Crippen molar-refractivity contribution in [2.24, 2.45) is 5.73 Å². The van der Waals surface area contributed by atoms with E-state index in [9.17, 15) is 4.79 Å². The summed E-state index contributed by atoms with van der Waals surface area (Å²) >= 11 is 1.56. The summed E-state index contributed by atoms with van der Waals surface area (Å²) in [5.74, 6) is 0.251. The van der Waals surface area contributed by atoms with Gasteiger partial charge in [0.1, 0.15) is 12.4 Å². The van der Waals surface area contributed by atoms with E-state index in [1.54, 1.807) is 11.3 Å². The van der Waals surface area contributed by atoms with Gasteiger partial charge in [-0.15, -0.1) is 11.3 Å². The molecule has 2 heterocycles. The highest BCUT2D eigenvalue weighted by Crippen LogP contribution is 2.23. The molecule has 2 aromatic heterocycles. The number of amides is 1. The number of nitrogens with zero attached hydrogens (tertiary/aromatic N) is 1. The van der Waals surface area contributed by atoms with Crippen molar-refractivity contribution in [2.45, 2.75) is 6.61 Å². The molecule has 2 aromatic carbocycles. The standard InChI is InChI=1S/C23H18N2O2S/c24-23(26)21(14-20-5-3-13-28-20)16-8-11-19(12-9-16)27-15-18-10-7-17-4-1-2-6-22(17)25-18/h1-14H,15H2,(H2,24,26)/b21-14+. The molecule has 138 valence electrons. The molecule has 0 aliphatic rings. The molecular weight excluding hydrogens is 368 g/mol. The zero-order valence-corrected chi connectivity index (χ0v) is 15.9. The molecule has 0 saturated heterocycles. The minimum absolute atomic E-state index is 0.373. The summed E-state index contributed by atoms with van der Waals surface area (Å²) in [5.41, 5.74) is 8.61. The number of primary amides is 1. The van der Waals surface area contributed by atoms with Crippen LogP contribution in [-0.4, -0.2) is 10.9 Å². The first kappa shape index (κ1) is 17.9. The van der Waals surface area contributed by atoms with E-state index >= 15 is 0 Å². The van der Waals surface area contributed by atoms with Gasteiger partial charge < -0.3 is 10.5 Å². The number of carbonyl (C=O) groups is 1. The van der Waals surface area contributed by atoms with Crippen molar-refractivity contribution in [3.8, 4) is 5.75 Å². The van der Waals surface area contributed by atoms with Crippen LogP contribution in [0.3, 0.4) is 0 Å². The van der Waals surface area contributed by atoms with Crippen molar-refractivity contribution in [1.29, 1.82) is 0 Å². The maximum Gasteiger partial charge on any atom is 0.249 e. The molecule has 4 rings (SSSR count).